The van der Waals surface area contributed by atoms with Gasteiger partial charge in [-0.05, 0) is 31.0 Å². The highest BCUT2D eigenvalue weighted by atomic mass is 32.2. The second kappa shape index (κ2) is 9.02. The van der Waals surface area contributed by atoms with Crippen LogP contribution in [0.25, 0.3) is 11.0 Å². The fourth-order valence-corrected chi connectivity index (χ4v) is 4.34. The Labute approximate surface area is 154 Å². The fraction of sp³-hybridized carbons (Fsp3) is 0.588. The molecule has 0 saturated heterocycles. The van der Waals surface area contributed by atoms with Gasteiger partial charge in [0.05, 0.1) is 15.9 Å². The molecule has 1 aromatic carbocycles. The molecule has 0 aliphatic heterocycles. The second-order valence-electron chi connectivity index (χ2n) is 6.03. The molecule has 0 fully saturated rings. The molecule has 0 radical (unpaired) electrons. The summed E-state index contributed by atoms with van der Waals surface area (Å²) in [6.07, 6.45) is 3.12. The van der Waals surface area contributed by atoms with E-state index in [1.807, 2.05) is 6.07 Å². The minimum Gasteiger partial charge on any atom is -0.385 e. The van der Waals surface area contributed by atoms with Crippen LogP contribution in [0.1, 0.15) is 26.2 Å². The van der Waals surface area contributed by atoms with E-state index < -0.39 is 10.0 Å². The van der Waals surface area contributed by atoms with Crippen LogP contribution in [0, 0.1) is 0 Å². The molecule has 2 rings (SSSR count). The second-order valence-corrected chi connectivity index (χ2v) is 9.25. The van der Waals surface area contributed by atoms with Gasteiger partial charge < -0.3 is 9.30 Å². The molecule has 0 bridgehead atoms. The summed E-state index contributed by atoms with van der Waals surface area (Å²) in [7, 11) is 1.33. The summed E-state index contributed by atoms with van der Waals surface area (Å²) in [5.41, 5.74) is 1.72. The Bertz CT molecular complexity index is 801. The summed E-state index contributed by atoms with van der Waals surface area (Å²) in [5, 5.41) is 0.943. The molecule has 6 nitrogen and oxygen atoms in total. The SMILES string of the molecule is CCCCn1c(SCCCOC)nc2cc(S(=O)(=O)N(C)C)ccc21. The highest BCUT2D eigenvalue weighted by molar-refractivity contribution is 7.99. The lowest BCUT2D eigenvalue weighted by atomic mass is 10.3. The Morgan fingerprint density at radius 2 is 2.04 bits per heavy atom. The number of imidazole rings is 1. The van der Waals surface area contributed by atoms with Crippen LogP contribution in [0.5, 0.6) is 0 Å². The molecule has 0 spiro atoms. The molecular formula is C17H27N3O3S2. The van der Waals surface area contributed by atoms with Crippen LogP contribution in [0.2, 0.25) is 0 Å². The molecule has 0 aliphatic carbocycles. The molecule has 25 heavy (non-hydrogen) atoms. The van der Waals surface area contributed by atoms with Crippen LogP contribution < -0.4 is 0 Å². The smallest absolute Gasteiger partial charge is 0.242 e. The number of nitrogens with zero attached hydrogens (tertiary/aromatic N) is 3. The van der Waals surface area contributed by atoms with Crippen LogP contribution in [0.4, 0.5) is 0 Å². The van der Waals surface area contributed by atoms with Crippen LogP contribution in [-0.4, -0.2) is 55.8 Å². The average Bonchev–Trinajstić information content (AvgIpc) is 2.93. The minimum atomic E-state index is -3.45. The first-order valence-electron chi connectivity index (χ1n) is 8.46. The first kappa shape index (κ1) is 20.2. The number of sulfonamides is 1. The summed E-state index contributed by atoms with van der Waals surface area (Å²) in [6, 6.07) is 5.21. The summed E-state index contributed by atoms with van der Waals surface area (Å²) in [4.78, 5) is 4.98. The zero-order valence-electron chi connectivity index (χ0n) is 15.4. The van der Waals surface area contributed by atoms with Crippen molar-refractivity contribution in [3.8, 4) is 0 Å². The third-order valence-corrected chi connectivity index (χ3v) is 6.80. The molecule has 1 heterocycles. The van der Waals surface area contributed by atoms with Gasteiger partial charge in [-0.15, -0.1) is 0 Å². The number of unbranched alkanes of at least 4 members (excludes halogenated alkanes) is 1. The number of hydrogen-bond acceptors (Lipinski definition) is 5. The van der Waals surface area contributed by atoms with Crippen molar-refractivity contribution in [2.75, 3.05) is 33.6 Å². The van der Waals surface area contributed by atoms with Gasteiger partial charge in [0.15, 0.2) is 5.16 Å². The van der Waals surface area contributed by atoms with Gasteiger partial charge in [0.1, 0.15) is 0 Å². The average molecular weight is 386 g/mol. The largest absolute Gasteiger partial charge is 0.385 e. The Morgan fingerprint density at radius 1 is 1.28 bits per heavy atom. The lowest BCUT2D eigenvalue weighted by Crippen LogP contribution is -2.22. The number of rotatable bonds is 10. The van der Waals surface area contributed by atoms with Crippen molar-refractivity contribution in [3.05, 3.63) is 18.2 Å². The Balaban J connectivity index is 2.38. The monoisotopic (exact) mass is 385 g/mol. The van der Waals surface area contributed by atoms with Gasteiger partial charge >= 0.3 is 0 Å². The van der Waals surface area contributed by atoms with E-state index in [2.05, 4.69) is 11.5 Å². The number of hydrogen-bond donors (Lipinski definition) is 0. The van der Waals surface area contributed by atoms with E-state index in [9.17, 15) is 8.42 Å². The van der Waals surface area contributed by atoms with E-state index in [0.717, 1.165) is 54.4 Å². The van der Waals surface area contributed by atoms with Crippen molar-refractivity contribution in [1.82, 2.24) is 13.9 Å². The van der Waals surface area contributed by atoms with Gasteiger partial charge in [-0.3, -0.25) is 0 Å². The van der Waals surface area contributed by atoms with Gasteiger partial charge in [0.25, 0.3) is 0 Å². The third kappa shape index (κ3) is 4.75. The molecule has 1 aromatic heterocycles. The topological polar surface area (TPSA) is 64.4 Å². The van der Waals surface area contributed by atoms with Gasteiger partial charge in [-0.25, -0.2) is 17.7 Å². The maximum Gasteiger partial charge on any atom is 0.242 e. The molecule has 0 amide bonds. The van der Waals surface area contributed by atoms with E-state index in [0.29, 0.717) is 0 Å². The standard InChI is InChI=1S/C17H27N3O3S2/c1-5-6-10-20-16-9-8-14(25(21,22)19(2)3)13-15(16)18-17(20)24-12-7-11-23-4/h8-9,13H,5-7,10-12H2,1-4H3. The van der Waals surface area contributed by atoms with Crippen molar-refractivity contribution in [1.29, 1.82) is 0 Å². The third-order valence-electron chi connectivity index (χ3n) is 3.92. The first-order valence-corrected chi connectivity index (χ1v) is 10.9. The summed E-state index contributed by atoms with van der Waals surface area (Å²) in [6.45, 7) is 3.78. The number of ether oxygens (including phenoxy) is 1. The van der Waals surface area contributed by atoms with Gasteiger partial charge in [-0.2, -0.15) is 0 Å². The van der Waals surface area contributed by atoms with E-state index in [-0.39, 0.29) is 4.90 Å². The fourth-order valence-electron chi connectivity index (χ4n) is 2.47. The van der Waals surface area contributed by atoms with E-state index >= 15 is 0 Å². The van der Waals surface area contributed by atoms with Gasteiger partial charge in [-0.1, -0.05) is 25.1 Å². The molecule has 0 aliphatic rings. The van der Waals surface area contributed by atoms with Crippen molar-refractivity contribution in [3.63, 3.8) is 0 Å². The maximum absolute atomic E-state index is 12.4. The zero-order valence-corrected chi connectivity index (χ0v) is 17.0. The van der Waals surface area contributed by atoms with Crippen molar-refractivity contribution in [2.45, 2.75) is 42.8 Å². The molecule has 0 N–H and O–H groups in total. The molecule has 0 atom stereocenters. The van der Waals surface area contributed by atoms with Crippen molar-refractivity contribution in [2.24, 2.45) is 0 Å². The van der Waals surface area contributed by atoms with Crippen LogP contribution in [-0.2, 0) is 21.3 Å². The molecule has 8 heteroatoms. The molecule has 0 unspecified atom stereocenters. The number of aryl methyl sites for hydroxylation is 1. The van der Waals surface area contributed by atoms with E-state index in [4.69, 9.17) is 9.72 Å². The lowest BCUT2D eigenvalue weighted by molar-refractivity contribution is 0.200. The number of benzene rings is 1. The van der Waals surface area contributed by atoms with Gasteiger partial charge in [0, 0.05) is 40.1 Å². The quantitative estimate of drug-likeness (QED) is 0.464. The Morgan fingerprint density at radius 3 is 2.68 bits per heavy atom. The molecule has 2 aromatic rings. The number of methoxy groups -OCH3 is 1. The van der Waals surface area contributed by atoms with E-state index in [1.165, 1.54) is 18.4 Å². The lowest BCUT2D eigenvalue weighted by Gasteiger charge is -2.11. The van der Waals surface area contributed by atoms with Crippen molar-refractivity contribution < 1.29 is 13.2 Å². The van der Waals surface area contributed by atoms with Crippen molar-refractivity contribution >= 4 is 32.8 Å². The minimum absolute atomic E-state index is 0.279. The number of aromatic nitrogens is 2. The summed E-state index contributed by atoms with van der Waals surface area (Å²) >= 11 is 1.69. The van der Waals surface area contributed by atoms with Crippen LogP contribution in [0.3, 0.4) is 0 Å². The number of thioether (sulfide) groups is 1. The predicted molar refractivity (Wildman–Crippen MR) is 103 cm³/mol. The van der Waals surface area contributed by atoms with Crippen LogP contribution in [0.15, 0.2) is 28.3 Å². The molecule has 140 valence electrons. The Kier molecular flexibility index (Phi) is 7.30. The maximum atomic E-state index is 12.4. The molecular weight excluding hydrogens is 358 g/mol. The van der Waals surface area contributed by atoms with Gasteiger partial charge in [0.2, 0.25) is 10.0 Å². The first-order chi connectivity index (χ1) is 11.9. The normalized spacial score (nSPS) is 12.4. The van der Waals surface area contributed by atoms with Crippen LogP contribution >= 0.6 is 11.8 Å². The highest BCUT2D eigenvalue weighted by Gasteiger charge is 2.19. The van der Waals surface area contributed by atoms with E-state index in [1.54, 1.807) is 31.0 Å². The zero-order chi connectivity index (χ0) is 18.4. The Hall–Kier alpha value is -1.09. The number of fused-ring (bicyclic) bond motifs is 1. The molecule has 0 saturated carbocycles. The summed E-state index contributed by atoms with van der Waals surface area (Å²) in [5.74, 6) is 0.923. The summed E-state index contributed by atoms with van der Waals surface area (Å²) < 4.78 is 33.2. The highest BCUT2D eigenvalue weighted by Crippen LogP contribution is 2.27. The predicted octanol–water partition coefficient (Wildman–Crippen LogP) is 3.22.